The molecule has 2 aliphatic carbocycles. The van der Waals surface area contributed by atoms with Crippen LogP contribution in [0.5, 0.6) is 0 Å². The van der Waals surface area contributed by atoms with Gasteiger partial charge in [-0.05, 0) is 43.2 Å². The molecule has 0 N–H and O–H groups in total. The van der Waals surface area contributed by atoms with E-state index in [4.69, 9.17) is 4.42 Å². The molecular formula is C16H24O. The van der Waals surface area contributed by atoms with Gasteiger partial charge in [0.2, 0.25) is 0 Å². The summed E-state index contributed by atoms with van der Waals surface area (Å²) in [6.45, 7) is 0. The molecule has 0 aliphatic heterocycles. The molecular weight excluding hydrogens is 208 g/mol. The Morgan fingerprint density at radius 2 is 1.35 bits per heavy atom. The van der Waals surface area contributed by atoms with E-state index in [1.165, 1.54) is 70.0 Å². The van der Waals surface area contributed by atoms with Gasteiger partial charge in [-0.25, -0.2) is 0 Å². The summed E-state index contributed by atoms with van der Waals surface area (Å²) < 4.78 is 5.86. The molecule has 94 valence electrons. The molecule has 3 rings (SSSR count). The molecule has 1 heteroatoms. The third kappa shape index (κ3) is 2.43. The Morgan fingerprint density at radius 1 is 0.765 bits per heavy atom. The van der Waals surface area contributed by atoms with E-state index in [9.17, 15) is 0 Å². The Morgan fingerprint density at radius 3 is 2.00 bits per heavy atom. The van der Waals surface area contributed by atoms with Gasteiger partial charge in [0.25, 0.3) is 0 Å². The van der Waals surface area contributed by atoms with Crippen molar-refractivity contribution in [3.8, 4) is 0 Å². The quantitative estimate of drug-likeness (QED) is 0.667. The molecule has 0 bridgehead atoms. The summed E-state index contributed by atoms with van der Waals surface area (Å²) in [6.07, 6.45) is 15.9. The van der Waals surface area contributed by atoms with E-state index in [1.54, 1.807) is 5.56 Å². The lowest BCUT2D eigenvalue weighted by atomic mass is 9.79. The molecule has 0 atom stereocenters. The van der Waals surface area contributed by atoms with Gasteiger partial charge in [0, 0.05) is 5.92 Å². The topological polar surface area (TPSA) is 13.1 Å². The molecule has 0 aromatic carbocycles. The minimum absolute atomic E-state index is 0.732. The summed E-state index contributed by atoms with van der Waals surface area (Å²) >= 11 is 0. The summed E-state index contributed by atoms with van der Waals surface area (Å²) in [7, 11) is 0. The summed E-state index contributed by atoms with van der Waals surface area (Å²) in [4.78, 5) is 0. The van der Waals surface area contributed by atoms with Gasteiger partial charge in [0.15, 0.2) is 0 Å². The van der Waals surface area contributed by atoms with Crippen molar-refractivity contribution >= 4 is 0 Å². The zero-order chi connectivity index (χ0) is 11.5. The maximum Gasteiger partial charge on any atom is 0.110 e. The average Bonchev–Trinajstić information content (AvgIpc) is 2.90. The van der Waals surface area contributed by atoms with Crippen LogP contribution < -0.4 is 0 Å². The van der Waals surface area contributed by atoms with Gasteiger partial charge in [-0.1, -0.05) is 38.5 Å². The van der Waals surface area contributed by atoms with Gasteiger partial charge in [0.05, 0.1) is 6.26 Å². The minimum Gasteiger partial charge on any atom is -0.469 e. The molecule has 2 aliphatic rings. The Kier molecular flexibility index (Phi) is 3.54. The largest absolute Gasteiger partial charge is 0.469 e. The van der Waals surface area contributed by atoms with Crippen LogP contribution in [0.3, 0.4) is 0 Å². The molecule has 1 heterocycles. The average molecular weight is 232 g/mol. The van der Waals surface area contributed by atoms with Crippen molar-refractivity contribution in [3.63, 3.8) is 0 Å². The van der Waals surface area contributed by atoms with Crippen molar-refractivity contribution < 1.29 is 4.42 Å². The van der Waals surface area contributed by atoms with Crippen LogP contribution in [0.4, 0.5) is 0 Å². The second-order valence-electron chi connectivity index (χ2n) is 5.91. The number of hydrogen-bond donors (Lipinski definition) is 0. The first kappa shape index (κ1) is 11.4. The third-order valence-corrected chi connectivity index (χ3v) is 4.75. The molecule has 0 spiro atoms. The van der Waals surface area contributed by atoms with Crippen LogP contribution >= 0.6 is 0 Å². The first-order valence-corrected chi connectivity index (χ1v) is 7.52. The van der Waals surface area contributed by atoms with E-state index in [-0.39, 0.29) is 0 Å². The van der Waals surface area contributed by atoms with Crippen molar-refractivity contribution in [1.29, 1.82) is 0 Å². The highest BCUT2D eigenvalue weighted by Crippen LogP contribution is 2.41. The highest BCUT2D eigenvalue weighted by Gasteiger charge is 2.26. The predicted octanol–water partition coefficient (Wildman–Crippen LogP) is 5.38. The second kappa shape index (κ2) is 5.29. The first-order chi connectivity index (χ1) is 8.45. The van der Waals surface area contributed by atoms with Crippen molar-refractivity contribution in [1.82, 2.24) is 0 Å². The van der Waals surface area contributed by atoms with Gasteiger partial charge in [-0.2, -0.15) is 0 Å². The van der Waals surface area contributed by atoms with E-state index in [0.29, 0.717) is 0 Å². The fraction of sp³-hybridized carbons (Fsp3) is 0.750. The number of rotatable bonds is 2. The lowest BCUT2D eigenvalue weighted by molar-refractivity contribution is 0.361. The molecule has 2 saturated carbocycles. The SMILES string of the molecule is c1cc(C2CCCCC2)c(C2CCCCC2)o1. The van der Waals surface area contributed by atoms with Crippen LogP contribution in [0.2, 0.25) is 0 Å². The minimum atomic E-state index is 0.732. The van der Waals surface area contributed by atoms with Crippen LogP contribution in [-0.2, 0) is 0 Å². The number of furan rings is 1. The monoisotopic (exact) mass is 232 g/mol. The zero-order valence-corrected chi connectivity index (χ0v) is 10.8. The Labute approximate surface area is 105 Å². The van der Waals surface area contributed by atoms with Gasteiger partial charge in [0.1, 0.15) is 5.76 Å². The van der Waals surface area contributed by atoms with E-state index in [0.717, 1.165) is 11.8 Å². The number of hydrogen-bond acceptors (Lipinski definition) is 1. The smallest absolute Gasteiger partial charge is 0.110 e. The molecule has 1 aromatic heterocycles. The molecule has 1 nitrogen and oxygen atoms in total. The third-order valence-electron chi connectivity index (χ3n) is 4.75. The lowest BCUT2D eigenvalue weighted by Gasteiger charge is -2.25. The maximum absolute atomic E-state index is 5.86. The Bertz CT molecular complexity index is 308. The molecule has 0 radical (unpaired) electrons. The van der Waals surface area contributed by atoms with E-state index in [1.807, 2.05) is 6.26 Å². The van der Waals surface area contributed by atoms with Crippen LogP contribution in [0.25, 0.3) is 0 Å². The van der Waals surface area contributed by atoms with E-state index in [2.05, 4.69) is 6.07 Å². The highest BCUT2D eigenvalue weighted by atomic mass is 16.3. The molecule has 0 unspecified atom stereocenters. The fourth-order valence-corrected chi connectivity index (χ4v) is 3.78. The van der Waals surface area contributed by atoms with Crippen molar-refractivity contribution in [2.24, 2.45) is 0 Å². The van der Waals surface area contributed by atoms with Crippen LogP contribution in [-0.4, -0.2) is 0 Å². The highest BCUT2D eigenvalue weighted by molar-refractivity contribution is 5.26. The Hall–Kier alpha value is -0.720. The first-order valence-electron chi connectivity index (χ1n) is 7.52. The lowest BCUT2D eigenvalue weighted by Crippen LogP contribution is -2.10. The summed E-state index contributed by atoms with van der Waals surface area (Å²) in [6, 6.07) is 2.26. The van der Waals surface area contributed by atoms with Crippen molar-refractivity contribution in [2.45, 2.75) is 76.0 Å². The molecule has 1 aromatic rings. The van der Waals surface area contributed by atoms with E-state index < -0.39 is 0 Å². The summed E-state index contributed by atoms with van der Waals surface area (Å²) in [5.74, 6) is 2.90. The predicted molar refractivity (Wildman–Crippen MR) is 70.4 cm³/mol. The van der Waals surface area contributed by atoms with Crippen LogP contribution in [0.15, 0.2) is 16.7 Å². The zero-order valence-electron chi connectivity index (χ0n) is 10.8. The van der Waals surface area contributed by atoms with Gasteiger partial charge < -0.3 is 4.42 Å². The van der Waals surface area contributed by atoms with Gasteiger partial charge >= 0.3 is 0 Å². The van der Waals surface area contributed by atoms with Gasteiger partial charge in [-0.3, -0.25) is 0 Å². The molecule has 2 fully saturated rings. The van der Waals surface area contributed by atoms with E-state index >= 15 is 0 Å². The fourth-order valence-electron chi connectivity index (χ4n) is 3.78. The van der Waals surface area contributed by atoms with Crippen LogP contribution in [0.1, 0.15) is 87.4 Å². The molecule has 17 heavy (non-hydrogen) atoms. The van der Waals surface area contributed by atoms with Crippen LogP contribution in [0, 0.1) is 0 Å². The second-order valence-corrected chi connectivity index (χ2v) is 5.91. The summed E-state index contributed by atoms with van der Waals surface area (Å²) in [5.41, 5.74) is 1.57. The van der Waals surface area contributed by atoms with Gasteiger partial charge in [-0.15, -0.1) is 0 Å². The van der Waals surface area contributed by atoms with Crippen molar-refractivity contribution in [3.05, 3.63) is 23.7 Å². The maximum atomic E-state index is 5.86. The van der Waals surface area contributed by atoms with Crippen molar-refractivity contribution in [2.75, 3.05) is 0 Å². The molecule has 0 amide bonds. The standard InChI is InChI=1S/C16H24O/c1-3-7-13(8-4-1)15-11-12-17-16(15)14-9-5-2-6-10-14/h11-14H,1-10H2. The Balaban J connectivity index is 1.77. The normalized spacial score (nSPS) is 24.0. The summed E-state index contributed by atoms with van der Waals surface area (Å²) in [5, 5.41) is 0. The molecule has 0 saturated heterocycles.